The maximum Gasteiger partial charge on any atom is 0.319 e. The average molecular weight is 435 g/mol. The van der Waals surface area contributed by atoms with Gasteiger partial charge in [-0.3, -0.25) is 0 Å². The van der Waals surface area contributed by atoms with Crippen LogP contribution in [0.5, 0.6) is 0 Å². The van der Waals surface area contributed by atoms with E-state index in [1.165, 1.54) is 38.5 Å². The molecule has 0 aliphatic heterocycles. The number of benzene rings is 2. The van der Waals surface area contributed by atoms with Crippen LogP contribution in [-0.2, 0) is 0 Å². The summed E-state index contributed by atoms with van der Waals surface area (Å²) in [5.41, 5.74) is 3.67. The number of carbonyl (C=O) groups excluding carboxylic acids is 2. The van der Waals surface area contributed by atoms with E-state index in [1.807, 2.05) is 48.5 Å². The highest BCUT2D eigenvalue weighted by molar-refractivity contribution is 5.90. The molecule has 4 rings (SSSR count). The van der Waals surface area contributed by atoms with E-state index in [9.17, 15) is 9.59 Å². The molecule has 0 spiro atoms. The molecule has 2 aliphatic rings. The van der Waals surface area contributed by atoms with Gasteiger partial charge in [-0.25, -0.2) is 9.59 Å². The summed E-state index contributed by atoms with van der Waals surface area (Å²) in [6.07, 6.45) is 11.6. The highest BCUT2D eigenvalue weighted by Crippen LogP contribution is 2.24. The van der Waals surface area contributed by atoms with Crippen LogP contribution in [0.2, 0.25) is 0 Å². The van der Waals surface area contributed by atoms with Crippen LogP contribution in [0, 0.1) is 0 Å². The highest BCUT2D eigenvalue weighted by atomic mass is 16.2. The average Bonchev–Trinajstić information content (AvgIpc) is 2.81. The Morgan fingerprint density at radius 1 is 0.531 bits per heavy atom. The third kappa shape index (κ3) is 6.49. The number of hydrogen-bond acceptors (Lipinski definition) is 2. The van der Waals surface area contributed by atoms with E-state index in [1.54, 1.807) is 0 Å². The maximum absolute atomic E-state index is 12.2. The van der Waals surface area contributed by atoms with E-state index in [2.05, 4.69) is 21.3 Å². The van der Waals surface area contributed by atoms with E-state index in [4.69, 9.17) is 0 Å². The van der Waals surface area contributed by atoms with E-state index >= 15 is 0 Å². The number of hydrogen-bond donors (Lipinski definition) is 4. The van der Waals surface area contributed by atoms with Crippen LogP contribution in [0.3, 0.4) is 0 Å². The van der Waals surface area contributed by atoms with Crippen molar-refractivity contribution in [1.29, 1.82) is 0 Å². The maximum atomic E-state index is 12.2. The van der Waals surface area contributed by atoms with Crippen LogP contribution in [0.1, 0.15) is 64.2 Å². The zero-order chi connectivity index (χ0) is 22.2. The van der Waals surface area contributed by atoms with Crippen LogP contribution < -0.4 is 21.3 Å². The minimum absolute atomic E-state index is 0.133. The van der Waals surface area contributed by atoms with Crippen molar-refractivity contribution in [2.24, 2.45) is 0 Å². The summed E-state index contributed by atoms with van der Waals surface area (Å²) in [5, 5.41) is 12.0. The fourth-order valence-electron chi connectivity index (χ4n) is 4.69. The molecule has 0 atom stereocenters. The number of rotatable bonds is 5. The molecule has 2 aromatic rings. The molecule has 4 amide bonds. The predicted octanol–water partition coefficient (Wildman–Crippen LogP) is 6.26. The molecule has 2 aliphatic carbocycles. The van der Waals surface area contributed by atoms with E-state index in [0.29, 0.717) is 12.1 Å². The molecular formula is C26H34N4O2. The first-order valence-corrected chi connectivity index (χ1v) is 12.0. The summed E-state index contributed by atoms with van der Waals surface area (Å²) >= 11 is 0. The molecule has 6 nitrogen and oxygen atoms in total. The molecule has 0 aromatic heterocycles. The smallest absolute Gasteiger partial charge is 0.319 e. The van der Waals surface area contributed by atoms with Gasteiger partial charge in [0.05, 0.1) is 0 Å². The van der Waals surface area contributed by atoms with E-state index < -0.39 is 0 Å². The Morgan fingerprint density at radius 2 is 0.875 bits per heavy atom. The predicted molar refractivity (Wildman–Crippen MR) is 130 cm³/mol. The Balaban J connectivity index is 1.27. The highest BCUT2D eigenvalue weighted by Gasteiger charge is 2.16. The van der Waals surface area contributed by atoms with E-state index in [0.717, 1.165) is 48.2 Å². The first kappa shape index (κ1) is 22.2. The Kier molecular flexibility index (Phi) is 7.64. The lowest BCUT2D eigenvalue weighted by Crippen LogP contribution is -2.39. The second-order valence-corrected chi connectivity index (χ2v) is 9.02. The molecule has 170 valence electrons. The SMILES string of the molecule is O=C(Nc1ccc(-c2ccc(NC(=O)NC3CCCCC3)cc2)cc1)NC1CCCCC1. The number of carbonyl (C=O) groups is 2. The van der Waals surface area contributed by atoms with Crippen LogP contribution in [0.15, 0.2) is 48.5 Å². The van der Waals surface area contributed by atoms with Gasteiger partial charge >= 0.3 is 12.1 Å². The Labute approximate surface area is 190 Å². The van der Waals surface area contributed by atoms with Crippen LogP contribution in [0.4, 0.5) is 21.0 Å². The molecule has 0 saturated heterocycles. The van der Waals surface area contributed by atoms with Crippen molar-refractivity contribution in [1.82, 2.24) is 10.6 Å². The van der Waals surface area contributed by atoms with Crippen molar-refractivity contribution in [3.05, 3.63) is 48.5 Å². The quantitative estimate of drug-likeness (QED) is 0.448. The van der Waals surface area contributed by atoms with Gasteiger partial charge in [0.25, 0.3) is 0 Å². The van der Waals surface area contributed by atoms with Gasteiger partial charge in [-0.2, -0.15) is 0 Å². The summed E-state index contributed by atoms with van der Waals surface area (Å²) in [4.78, 5) is 24.5. The molecule has 6 heteroatoms. The minimum Gasteiger partial charge on any atom is -0.335 e. The molecule has 4 N–H and O–H groups in total. The molecule has 0 bridgehead atoms. The van der Waals surface area contributed by atoms with Gasteiger partial charge in [-0.15, -0.1) is 0 Å². The monoisotopic (exact) mass is 434 g/mol. The van der Waals surface area contributed by atoms with Crippen molar-refractivity contribution in [3.63, 3.8) is 0 Å². The van der Waals surface area contributed by atoms with Crippen molar-refractivity contribution in [3.8, 4) is 11.1 Å². The Hall–Kier alpha value is -3.02. The normalized spacial score (nSPS) is 17.4. The Bertz CT molecular complexity index is 808. The second-order valence-electron chi connectivity index (χ2n) is 9.02. The largest absolute Gasteiger partial charge is 0.335 e. The van der Waals surface area contributed by atoms with Crippen LogP contribution in [0.25, 0.3) is 11.1 Å². The third-order valence-electron chi connectivity index (χ3n) is 6.50. The first-order valence-electron chi connectivity index (χ1n) is 12.0. The lowest BCUT2D eigenvalue weighted by molar-refractivity contribution is 0.243. The number of urea groups is 2. The Morgan fingerprint density at radius 3 is 1.22 bits per heavy atom. The topological polar surface area (TPSA) is 82.3 Å². The van der Waals surface area contributed by atoms with Gasteiger partial charge in [-0.05, 0) is 61.1 Å². The van der Waals surface area contributed by atoms with Crippen molar-refractivity contribution in [2.75, 3.05) is 10.6 Å². The summed E-state index contributed by atoms with van der Waals surface area (Å²) in [5.74, 6) is 0. The summed E-state index contributed by atoms with van der Waals surface area (Å²) in [6, 6.07) is 16.0. The minimum atomic E-state index is -0.133. The molecule has 0 unspecified atom stereocenters. The van der Waals surface area contributed by atoms with Crippen molar-refractivity contribution < 1.29 is 9.59 Å². The van der Waals surface area contributed by atoms with Crippen molar-refractivity contribution >= 4 is 23.4 Å². The van der Waals surface area contributed by atoms with Gasteiger partial charge in [-0.1, -0.05) is 62.8 Å². The van der Waals surface area contributed by atoms with Crippen LogP contribution >= 0.6 is 0 Å². The van der Waals surface area contributed by atoms with Crippen molar-refractivity contribution in [2.45, 2.75) is 76.3 Å². The third-order valence-corrected chi connectivity index (χ3v) is 6.50. The second kappa shape index (κ2) is 11.0. The van der Waals surface area contributed by atoms with Gasteiger partial charge in [0.2, 0.25) is 0 Å². The zero-order valence-electron chi connectivity index (χ0n) is 18.7. The van der Waals surface area contributed by atoms with Gasteiger partial charge < -0.3 is 21.3 Å². The molecular weight excluding hydrogens is 400 g/mol. The molecule has 2 aromatic carbocycles. The van der Waals surface area contributed by atoms with Crippen LogP contribution in [-0.4, -0.2) is 24.1 Å². The number of amides is 4. The van der Waals surface area contributed by atoms with Gasteiger partial charge in [0, 0.05) is 23.5 Å². The number of anilines is 2. The fraction of sp³-hybridized carbons (Fsp3) is 0.462. The van der Waals surface area contributed by atoms with E-state index in [-0.39, 0.29) is 12.1 Å². The molecule has 0 radical (unpaired) electrons. The first-order chi connectivity index (χ1) is 15.7. The lowest BCUT2D eigenvalue weighted by Gasteiger charge is -2.23. The summed E-state index contributed by atoms with van der Waals surface area (Å²) in [7, 11) is 0. The van der Waals surface area contributed by atoms with Gasteiger partial charge in [0.1, 0.15) is 0 Å². The summed E-state index contributed by atoms with van der Waals surface area (Å²) < 4.78 is 0. The molecule has 2 saturated carbocycles. The fourth-order valence-corrected chi connectivity index (χ4v) is 4.69. The lowest BCUT2D eigenvalue weighted by atomic mass is 9.96. The molecule has 0 heterocycles. The zero-order valence-corrected chi connectivity index (χ0v) is 18.7. The number of nitrogens with one attached hydrogen (secondary N) is 4. The van der Waals surface area contributed by atoms with Gasteiger partial charge in [0.15, 0.2) is 0 Å². The molecule has 32 heavy (non-hydrogen) atoms. The molecule has 2 fully saturated rings. The summed E-state index contributed by atoms with van der Waals surface area (Å²) in [6.45, 7) is 0. The standard InChI is InChI=1S/C26H34N4O2/c31-25(27-21-7-3-1-4-8-21)29-23-15-11-19(12-16-23)20-13-17-24(18-14-20)30-26(32)28-22-9-5-2-6-10-22/h11-18,21-22H,1-10H2,(H2,27,29,31)(H2,28,30,32).